The highest BCUT2D eigenvalue weighted by Gasteiger charge is 2.17. The summed E-state index contributed by atoms with van der Waals surface area (Å²) < 4.78 is 19.0. The lowest BCUT2D eigenvalue weighted by Crippen LogP contribution is -2.44. The van der Waals surface area contributed by atoms with Crippen LogP contribution < -0.4 is 10.2 Å². The van der Waals surface area contributed by atoms with E-state index in [1.807, 2.05) is 7.05 Å². The minimum Gasteiger partial charge on any atom is -0.374 e. The lowest BCUT2D eigenvalue weighted by atomic mass is 10.3. The Balaban J connectivity index is 1.96. The maximum absolute atomic E-state index is 13.4. The number of nitrogens with zero attached hydrogens (tertiary/aromatic N) is 2. The highest BCUT2D eigenvalue weighted by molar-refractivity contribution is 5.38. The van der Waals surface area contributed by atoms with Crippen molar-refractivity contribution in [2.45, 2.75) is 6.10 Å². The Morgan fingerprint density at radius 3 is 3.25 bits per heavy atom. The maximum Gasteiger partial charge on any atom is 0.165 e. The summed E-state index contributed by atoms with van der Waals surface area (Å²) in [6, 6.07) is 3.00. The fourth-order valence-corrected chi connectivity index (χ4v) is 1.79. The van der Waals surface area contributed by atoms with E-state index in [4.69, 9.17) is 4.74 Å². The first-order chi connectivity index (χ1) is 7.77. The van der Waals surface area contributed by atoms with Crippen LogP contribution in [0.3, 0.4) is 0 Å². The molecule has 1 N–H and O–H groups in total. The molecule has 1 aliphatic rings. The second-order valence-corrected chi connectivity index (χ2v) is 3.89. The van der Waals surface area contributed by atoms with Gasteiger partial charge in [0.2, 0.25) is 0 Å². The van der Waals surface area contributed by atoms with Gasteiger partial charge in [0.05, 0.1) is 12.7 Å². The van der Waals surface area contributed by atoms with Crippen molar-refractivity contribution in [2.24, 2.45) is 0 Å². The van der Waals surface area contributed by atoms with Crippen molar-refractivity contribution >= 4 is 5.82 Å². The van der Waals surface area contributed by atoms with Gasteiger partial charge in [-0.15, -0.1) is 0 Å². The monoisotopic (exact) mass is 225 g/mol. The Labute approximate surface area is 94.4 Å². The standard InChI is InChI=1S/C11H16FN3O/c1-15(8-9-7-13-5-6-16-9)11-10(12)3-2-4-14-11/h2-4,9,13H,5-8H2,1H3. The van der Waals surface area contributed by atoms with E-state index in [-0.39, 0.29) is 11.9 Å². The molecule has 5 heteroatoms. The van der Waals surface area contributed by atoms with Crippen LogP contribution in [0.25, 0.3) is 0 Å². The minimum atomic E-state index is -0.297. The van der Waals surface area contributed by atoms with Gasteiger partial charge in [-0.1, -0.05) is 0 Å². The van der Waals surface area contributed by atoms with Gasteiger partial charge in [-0.2, -0.15) is 0 Å². The number of likely N-dealkylation sites (N-methyl/N-ethyl adjacent to an activating group) is 1. The average molecular weight is 225 g/mol. The number of halogens is 1. The van der Waals surface area contributed by atoms with Gasteiger partial charge in [-0.25, -0.2) is 9.37 Å². The van der Waals surface area contributed by atoms with E-state index in [1.54, 1.807) is 17.2 Å². The zero-order valence-corrected chi connectivity index (χ0v) is 9.32. The highest BCUT2D eigenvalue weighted by atomic mass is 19.1. The van der Waals surface area contributed by atoms with Gasteiger partial charge >= 0.3 is 0 Å². The van der Waals surface area contributed by atoms with E-state index in [0.29, 0.717) is 19.0 Å². The molecular formula is C11H16FN3O. The number of hydrogen-bond acceptors (Lipinski definition) is 4. The molecular weight excluding hydrogens is 209 g/mol. The van der Waals surface area contributed by atoms with E-state index < -0.39 is 0 Å². The van der Waals surface area contributed by atoms with Gasteiger partial charge in [-0.05, 0) is 12.1 Å². The number of morpholine rings is 1. The molecule has 0 radical (unpaired) electrons. The van der Waals surface area contributed by atoms with Crippen LogP contribution in [-0.2, 0) is 4.74 Å². The molecule has 2 heterocycles. The minimum absolute atomic E-state index is 0.0974. The van der Waals surface area contributed by atoms with Crippen molar-refractivity contribution in [3.63, 3.8) is 0 Å². The summed E-state index contributed by atoms with van der Waals surface area (Å²) in [6.07, 6.45) is 1.69. The largest absolute Gasteiger partial charge is 0.374 e. The maximum atomic E-state index is 13.4. The molecule has 1 fully saturated rings. The van der Waals surface area contributed by atoms with Gasteiger partial charge < -0.3 is 15.0 Å². The van der Waals surface area contributed by atoms with E-state index in [9.17, 15) is 4.39 Å². The van der Waals surface area contributed by atoms with Gasteiger partial charge in [0.1, 0.15) is 0 Å². The first-order valence-electron chi connectivity index (χ1n) is 5.41. The molecule has 16 heavy (non-hydrogen) atoms. The Morgan fingerprint density at radius 1 is 1.69 bits per heavy atom. The summed E-state index contributed by atoms with van der Waals surface area (Å²) in [5.74, 6) is 0.0745. The van der Waals surface area contributed by atoms with Crippen LogP contribution in [0.15, 0.2) is 18.3 Å². The number of pyridine rings is 1. The SMILES string of the molecule is CN(CC1CNCCO1)c1ncccc1F. The quantitative estimate of drug-likeness (QED) is 0.819. The predicted molar refractivity (Wildman–Crippen MR) is 60.1 cm³/mol. The molecule has 0 aromatic carbocycles. The van der Waals surface area contributed by atoms with Crippen LogP contribution in [-0.4, -0.2) is 44.4 Å². The second-order valence-electron chi connectivity index (χ2n) is 3.89. The molecule has 0 amide bonds. The van der Waals surface area contributed by atoms with Crippen molar-refractivity contribution in [1.82, 2.24) is 10.3 Å². The first kappa shape index (κ1) is 11.3. The van der Waals surface area contributed by atoms with Crippen molar-refractivity contribution < 1.29 is 9.13 Å². The lowest BCUT2D eigenvalue weighted by molar-refractivity contribution is 0.0338. The fourth-order valence-electron chi connectivity index (χ4n) is 1.79. The van der Waals surface area contributed by atoms with Crippen molar-refractivity contribution in [2.75, 3.05) is 38.2 Å². The third-order valence-corrected chi connectivity index (χ3v) is 2.58. The van der Waals surface area contributed by atoms with Gasteiger partial charge in [0, 0.05) is 32.9 Å². The number of anilines is 1. The average Bonchev–Trinajstić information content (AvgIpc) is 2.31. The smallest absolute Gasteiger partial charge is 0.165 e. The Hall–Kier alpha value is -1.20. The zero-order valence-electron chi connectivity index (χ0n) is 9.32. The number of hydrogen-bond donors (Lipinski definition) is 1. The van der Waals surface area contributed by atoms with Crippen LogP contribution >= 0.6 is 0 Å². The molecule has 1 aliphatic heterocycles. The molecule has 2 rings (SSSR count). The predicted octanol–water partition coefficient (Wildman–Crippen LogP) is 0.645. The third-order valence-electron chi connectivity index (χ3n) is 2.58. The normalized spacial score (nSPS) is 20.8. The van der Waals surface area contributed by atoms with Crippen LogP contribution in [0.5, 0.6) is 0 Å². The number of aromatic nitrogens is 1. The Kier molecular flexibility index (Phi) is 3.69. The van der Waals surface area contributed by atoms with E-state index in [2.05, 4.69) is 10.3 Å². The molecule has 1 unspecified atom stereocenters. The Bertz CT molecular complexity index is 342. The molecule has 88 valence electrons. The van der Waals surface area contributed by atoms with Gasteiger partial charge in [0.25, 0.3) is 0 Å². The molecule has 1 aromatic heterocycles. The summed E-state index contributed by atoms with van der Waals surface area (Å²) in [6.45, 7) is 3.04. The molecule has 1 atom stereocenters. The van der Waals surface area contributed by atoms with E-state index in [1.165, 1.54) is 6.07 Å². The molecule has 0 saturated carbocycles. The summed E-state index contributed by atoms with van der Waals surface area (Å²) in [5.41, 5.74) is 0. The van der Waals surface area contributed by atoms with E-state index >= 15 is 0 Å². The highest BCUT2D eigenvalue weighted by Crippen LogP contribution is 2.14. The first-order valence-corrected chi connectivity index (χ1v) is 5.41. The molecule has 0 spiro atoms. The van der Waals surface area contributed by atoms with Crippen LogP contribution in [0.1, 0.15) is 0 Å². The molecule has 1 aromatic rings. The van der Waals surface area contributed by atoms with Crippen LogP contribution in [0, 0.1) is 5.82 Å². The third kappa shape index (κ3) is 2.68. The van der Waals surface area contributed by atoms with E-state index in [0.717, 1.165) is 13.1 Å². The topological polar surface area (TPSA) is 37.4 Å². The summed E-state index contributed by atoms with van der Waals surface area (Å²) in [5, 5.41) is 3.24. The molecule has 1 saturated heterocycles. The lowest BCUT2D eigenvalue weighted by Gasteiger charge is -2.28. The second kappa shape index (κ2) is 5.23. The number of nitrogens with one attached hydrogen (secondary N) is 1. The summed E-state index contributed by atoms with van der Waals surface area (Å²) in [7, 11) is 1.82. The number of rotatable bonds is 3. The summed E-state index contributed by atoms with van der Waals surface area (Å²) in [4.78, 5) is 5.80. The molecule has 0 bridgehead atoms. The van der Waals surface area contributed by atoms with Crippen LogP contribution in [0.2, 0.25) is 0 Å². The van der Waals surface area contributed by atoms with Crippen molar-refractivity contribution in [1.29, 1.82) is 0 Å². The van der Waals surface area contributed by atoms with Crippen molar-refractivity contribution in [3.05, 3.63) is 24.1 Å². The molecule has 4 nitrogen and oxygen atoms in total. The number of ether oxygens (including phenoxy) is 1. The summed E-state index contributed by atoms with van der Waals surface area (Å²) >= 11 is 0. The van der Waals surface area contributed by atoms with Gasteiger partial charge in [-0.3, -0.25) is 0 Å². The van der Waals surface area contributed by atoms with Crippen LogP contribution in [0.4, 0.5) is 10.2 Å². The Morgan fingerprint density at radius 2 is 2.56 bits per heavy atom. The molecule has 0 aliphatic carbocycles. The van der Waals surface area contributed by atoms with Gasteiger partial charge in [0.15, 0.2) is 11.6 Å². The fraction of sp³-hybridized carbons (Fsp3) is 0.545. The zero-order chi connectivity index (χ0) is 11.4. The van der Waals surface area contributed by atoms with Crippen molar-refractivity contribution in [3.8, 4) is 0 Å².